The Labute approximate surface area is 92.8 Å². The summed E-state index contributed by atoms with van der Waals surface area (Å²) in [5.74, 6) is 2.16. The van der Waals surface area contributed by atoms with Crippen LogP contribution in [0.15, 0.2) is 0 Å². The van der Waals surface area contributed by atoms with Crippen LogP contribution in [0.2, 0.25) is 0 Å². The first kappa shape index (κ1) is 11.1. The SMILES string of the molecule is CC(C(=O)CC1CCCCC1)C1CNC1. The molecule has 0 aromatic heterocycles. The molecule has 1 N–H and O–H groups in total. The van der Waals surface area contributed by atoms with Crippen molar-refractivity contribution < 1.29 is 4.79 Å². The zero-order valence-corrected chi connectivity index (χ0v) is 9.80. The number of rotatable bonds is 4. The van der Waals surface area contributed by atoms with E-state index in [0.717, 1.165) is 19.5 Å². The molecule has 1 saturated carbocycles. The Morgan fingerprint density at radius 2 is 1.93 bits per heavy atom. The van der Waals surface area contributed by atoms with Crippen LogP contribution in [0, 0.1) is 17.8 Å². The molecule has 0 bridgehead atoms. The van der Waals surface area contributed by atoms with Crippen LogP contribution in [-0.2, 0) is 4.79 Å². The number of ketones is 1. The van der Waals surface area contributed by atoms with Gasteiger partial charge in [0, 0.05) is 12.3 Å². The number of carbonyl (C=O) groups is 1. The highest BCUT2D eigenvalue weighted by Gasteiger charge is 2.29. The maximum Gasteiger partial charge on any atom is 0.136 e. The van der Waals surface area contributed by atoms with E-state index >= 15 is 0 Å². The summed E-state index contributed by atoms with van der Waals surface area (Å²) in [6.45, 7) is 4.23. The molecule has 0 aromatic carbocycles. The molecule has 0 radical (unpaired) electrons. The van der Waals surface area contributed by atoms with Crippen molar-refractivity contribution in [2.24, 2.45) is 17.8 Å². The second kappa shape index (κ2) is 5.11. The van der Waals surface area contributed by atoms with Crippen molar-refractivity contribution in [1.82, 2.24) is 5.32 Å². The predicted octanol–water partition coefficient (Wildman–Crippen LogP) is 2.38. The second-order valence-corrected chi connectivity index (χ2v) is 5.38. The van der Waals surface area contributed by atoms with Crippen molar-refractivity contribution in [3.63, 3.8) is 0 Å². The minimum atomic E-state index is 0.299. The second-order valence-electron chi connectivity index (χ2n) is 5.38. The molecule has 0 aromatic rings. The molecule has 1 unspecified atom stereocenters. The van der Waals surface area contributed by atoms with Gasteiger partial charge in [-0.3, -0.25) is 4.79 Å². The van der Waals surface area contributed by atoms with Gasteiger partial charge in [0.1, 0.15) is 5.78 Å². The summed E-state index contributed by atoms with van der Waals surface area (Å²) < 4.78 is 0. The summed E-state index contributed by atoms with van der Waals surface area (Å²) in [6.07, 6.45) is 7.52. The van der Waals surface area contributed by atoms with E-state index < -0.39 is 0 Å². The van der Waals surface area contributed by atoms with Gasteiger partial charge in [-0.2, -0.15) is 0 Å². The highest BCUT2D eigenvalue weighted by molar-refractivity contribution is 5.81. The van der Waals surface area contributed by atoms with E-state index in [1.54, 1.807) is 0 Å². The molecule has 1 atom stereocenters. The zero-order valence-electron chi connectivity index (χ0n) is 9.80. The summed E-state index contributed by atoms with van der Waals surface area (Å²) in [4.78, 5) is 12.0. The van der Waals surface area contributed by atoms with E-state index in [4.69, 9.17) is 0 Å². The smallest absolute Gasteiger partial charge is 0.136 e. The third-order valence-electron chi connectivity index (χ3n) is 4.24. The van der Waals surface area contributed by atoms with Crippen molar-refractivity contribution in [3.05, 3.63) is 0 Å². The maximum atomic E-state index is 12.0. The van der Waals surface area contributed by atoms with Crippen LogP contribution in [-0.4, -0.2) is 18.9 Å². The van der Waals surface area contributed by atoms with Gasteiger partial charge in [-0.15, -0.1) is 0 Å². The lowest BCUT2D eigenvalue weighted by atomic mass is 9.79. The third-order valence-corrected chi connectivity index (χ3v) is 4.24. The summed E-state index contributed by atoms with van der Waals surface area (Å²) in [5.41, 5.74) is 0. The van der Waals surface area contributed by atoms with Crippen LogP contribution >= 0.6 is 0 Å². The normalized spacial score (nSPS) is 25.9. The number of nitrogens with one attached hydrogen (secondary N) is 1. The Morgan fingerprint density at radius 1 is 1.27 bits per heavy atom. The van der Waals surface area contributed by atoms with E-state index in [9.17, 15) is 4.79 Å². The third kappa shape index (κ3) is 2.81. The van der Waals surface area contributed by atoms with E-state index in [-0.39, 0.29) is 0 Å². The molecule has 0 amide bonds. The number of hydrogen-bond donors (Lipinski definition) is 1. The minimum absolute atomic E-state index is 0.299. The molecule has 1 aliphatic heterocycles. The monoisotopic (exact) mass is 209 g/mol. The molecule has 15 heavy (non-hydrogen) atoms. The van der Waals surface area contributed by atoms with E-state index in [2.05, 4.69) is 12.2 Å². The molecular weight excluding hydrogens is 186 g/mol. The number of carbonyl (C=O) groups excluding carboxylic acids is 1. The van der Waals surface area contributed by atoms with Gasteiger partial charge in [-0.25, -0.2) is 0 Å². The summed E-state index contributed by atoms with van der Waals surface area (Å²) in [5, 5.41) is 3.25. The maximum absolute atomic E-state index is 12.0. The molecule has 2 aliphatic rings. The van der Waals surface area contributed by atoms with Crippen LogP contribution in [0.1, 0.15) is 45.4 Å². The van der Waals surface area contributed by atoms with Gasteiger partial charge in [-0.1, -0.05) is 39.0 Å². The lowest BCUT2D eigenvalue weighted by molar-refractivity contribution is -0.125. The molecule has 2 rings (SSSR count). The molecule has 2 fully saturated rings. The first-order valence-electron chi connectivity index (χ1n) is 6.51. The number of Topliss-reactive ketones (excluding diaryl/α,β-unsaturated/α-hetero) is 1. The average Bonchev–Trinajstić information content (AvgIpc) is 2.16. The molecule has 1 heterocycles. The highest BCUT2D eigenvalue weighted by atomic mass is 16.1. The van der Waals surface area contributed by atoms with Crippen LogP contribution in [0.4, 0.5) is 0 Å². The van der Waals surface area contributed by atoms with E-state index in [1.165, 1.54) is 32.1 Å². The fourth-order valence-corrected chi connectivity index (χ4v) is 2.79. The van der Waals surface area contributed by atoms with Crippen molar-refractivity contribution in [3.8, 4) is 0 Å². The summed E-state index contributed by atoms with van der Waals surface area (Å²) in [7, 11) is 0. The van der Waals surface area contributed by atoms with Crippen molar-refractivity contribution in [2.45, 2.75) is 45.4 Å². The predicted molar refractivity (Wildman–Crippen MR) is 61.7 cm³/mol. The Balaban J connectivity index is 1.74. The fraction of sp³-hybridized carbons (Fsp3) is 0.923. The average molecular weight is 209 g/mol. The summed E-state index contributed by atoms with van der Waals surface area (Å²) >= 11 is 0. The van der Waals surface area contributed by atoms with Gasteiger partial charge in [0.05, 0.1) is 0 Å². The van der Waals surface area contributed by atoms with Crippen molar-refractivity contribution >= 4 is 5.78 Å². The molecule has 86 valence electrons. The lowest BCUT2D eigenvalue weighted by Crippen LogP contribution is -2.47. The Morgan fingerprint density at radius 3 is 2.47 bits per heavy atom. The lowest BCUT2D eigenvalue weighted by Gasteiger charge is -2.32. The largest absolute Gasteiger partial charge is 0.316 e. The van der Waals surface area contributed by atoms with Gasteiger partial charge in [0.15, 0.2) is 0 Å². The standard InChI is InChI=1S/C13H23NO/c1-10(12-8-14-9-12)13(15)7-11-5-3-2-4-6-11/h10-12,14H,2-9H2,1H3. The van der Waals surface area contributed by atoms with Gasteiger partial charge < -0.3 is 5.32 Å². The zero-order chi connectivity index (χ0) is 10.7. The van der Waals surface area contributed by atoms with E-state index in [0.29, 0.717) is 23.5 Å². The first-order chi connectivity index (χ1) is 7.27. The highest BCUT2D eigenvalue weighted by Crippen LogP contribution is 2.29. The Hall–Kier alpha value is -0.370. The fourth-order valence-electron chi connectivity index (χ4n) is 2.79. The van der Waals surface area contributed by atoms with Crippen molar-refractivity contribution in [2.75, 3.05) is 13.1 Å². The molecule has 2 heteroatoms. The van der Waals surface area contributed by atoms with Crippen LogP contribution in [0.25, 0.3) is 0 Å². The molecule has 1 aliphatic carbocycles. The molecule has 2 nitrogen and oxygen atoms in total. The van der Waals surface area contributed by atoms with Gasteiger partial charge in [-0.05, 0) is 24.9 Å². The van der Waals surface area contributed by atoms with E-state index in [1.807, 2.05) is 0 Å². The molecule has 1 saturated heterocycles. The van der Waals surface area contributed by atoms with Crippen molar-refractivity contribution in [1.29, 1.82) is 0 Å². The summed E-state index contributed by atoms with van der Waals surface area (Å²) in [6, 6.07) is 0. The van der Waals surface area contributed by atoms with Crippen LogP contribution in [0.5, 0.6) is 0 Å². The number of hydrogen-bond acceptors (Lipinski definition) is 2. The van der Waals surface area contributed by atoms with Crippen LogP contribution in [0.3, 0.4) is 0 Å². The van der Waals surface area contributed by atoms with Gasteiger partial charge in [0.2, 0.25) is 0 Å². The molecular formula is C13H23NO. The Kier molecular flexibility index (Phi) is 3.79. The minimum Gasteiger partial charge on any atom is -0.316 e. The topological polar surface area (TPSA) is 29.1 Å². The first-order valence-corrected chi connectivity index (χ1v) is 6.51. The Bertz CT molecular complexity index is 217. The van der Waals surface area contributed by atoms with Crippen LogP contribution < -0.4 is 5.32 Å². The quantitative estimate of drug-likeness (QED) is 0.770. The molecule has 0 spiro atoms. The van der Waals surface area contributed by atoms with Gasteiger partial charge >= 0.3 is 0 Å². The van der Waals surface area contributed by atoms with Gasteiger partial charge in [0.25, 0.3) is 0 Å².